The monoisotopic (exact) mass is 279 g/mol. The number of hydrogen-bond donors (Lipinski definition) is 0. The number of nitrogens with zero attached hydrogens (tertiary/aromatic N) is 1. The Morgan fingerprint density at radius 2 is 2.25 bits per heavy atom. The third kappa shape index (κ3) is 2.56. The molecule has 1 aliphatic rings. The maximum atomic E-state index is 9.01. The molecule has 0 aromatic heterocycles. The van der Waals surface area contributed by atoms with Crippen molar-refractivity contribution in [2.45, 2.75) is 25.7 Å². The summed E-state index contributed by atoms with van der Waals surface area (Å²) in [7, 11) is 0. The molecule has 0 N–H and O–H groups in total. The van der Waals surface area contributed by atoms with E-state index in [1.165, 1.54) is 19.3 Å². The lowest BCUT2D eigenvalue weighted by molar-refractivity contribution is 0.221. The van der Waals surface area contributed by atoms with E-state index in [4.69, 9.17) is 10.00 Å². The first kappa shape index (κ1) is 11.5. The number of nitriles is 1. The van der Waals surface area contributed by atoms with E-state index in [1.54, 1.807) is 0 Å². The fourth-order valence-electron chi connectivity index (χ4n) is 1.85. The van der Waals surface area contributed by atoms with Crippen molar-refractivity contribution in [1.29, 1.82) is 5.26 Å². The lowest BCUT2D eigenvalue weighted by Gasteiger charge is -2.25. The Hall–Kier alpha value is -1.01. The van der Waals surface area contributed by atoms with Crippen molar-refractivity contribution in [1.82, 2.24) is 0 Å². The van der Waals surface area contributed by atoms with E-state index >= 15 is 0 Å². The highest BCUT2D eigenvalue weighted by Gasteiger charge is 2.17. The van der Waals surface area contributed by atoms with Crippen molar-refractivity contribution in [3.8, 4) is 11.8 Å². The van der Waals surface area contributed by atoms with Crippen LogP contribution in [-0.2, 0) is 0 Å². The van der Waals surface area contributed by atoms with E-state index in [0.29, 0.717) is 11.3 Å². The molecule has 0 amide bonds. The number of rotatable bonds is 4. The standard InChI is InChI=1S/C13H14BrNO/c14-12-5-2-6-13(11(12)9-15)16-8-7-10-3-1-4-10/h2,5-6,10H,1,3-4,7-8H2. The summed E-state index contributed by atoms with van der Waals surface area (Å²) in [6.45, 7) is 0.718. The highest BCUT2D eigenvalue weighted by atomic mass is 79.9. The van der Waals surface area contributed by atoms with Crippen LogP contribution in [0.3, 0.4) is 0 Å². The van der Waals surface area contributed by atoms with Crippen LogP contribution in [0.15, 0.2) is 22.7 Å². The first-order valence-electron chi connectivity index (χ1n) is 5.62. The summed E-state index contributed by atoms with van der Waals surface area (Å²) in [5, 5.41) is 9.01. The van der Waals surface area contributed by atoms with Crippen LogP contribution in [0, 0.1) is 17.2 Å². The molecule has 0 heterocycles. The molecule has 2 rings (SSSR count). The minimum absolute atomic E-state index is 0.594. The molecular weight excluding hydrogens is 266 g/mol. The van der Waals surface area contributed by atoms with Gasteiger partial charge in [0, 0.05) is 4.47 Å². The molecule has 0 bridgehead atoms. The zero-order valence-electron chi connectivity index (χ0n) is 9.08. The fraction of sp³-hybridized carbons (Fsp3) is 0.462. The Balaban J connectivity index is 1.93. The number of benzene rings is 1. The van der Waals surface area contributed by atoms with E-state index in [2.05, 4.69) is 22.0 Å². The van der Waals surface area contributed by atoms with Gasteiger partial charge in [-0.2, -0.15) is 5.26 Å². The SMILES string of the molecule is N#Cc1c(Br)cccc1OCCC1CCC1. The van der Waals surface area contributed by atoms with Crippen molar-refractivity contribution >= 4 is 15.9 Å². The normalized spacial score (nSPS) is 15.2. The molecule has 0 spiro atoms. The van der Waals surface area contributed by atoms with Crippen molar-refractivity contribution in [3.05, 3.63) is 28.2 Å². The summed E-state index contributed by atoms with van der Waals surface area (Å²) in [5.74, 6) is 1.54. The van der Waals surface area contributed by atoms with E-state index in [-0.39, 0.29) is 0 Å². The minimum Gasteiger partial charge on any atom is -0.492 e. The van der Waals surface area contributed by atoms with Gasteiger partial charge in [-0.15, -0.1) is 0 Å². The topological polar surface area (TPSA) is 33.0 Å². The molecule has 2 nitrogen and oxygen atoms in total. The highest BCUT2D eigenvalue weighted by molar-refractivity contribution is 9.10. The second-order valence-corrected chi connectivity index (χ2v) is 5.01. The van der Waals surface area contributed by atoms with Gasteiger partial charge >= 0.3 is 0 Å². The molecule has 0 aliphatic heterocycles. The van der Waals surface area contributed by atoms with E-state index < -0.39 is 0 Å². The minimum atomic E-state index is 0.594. The Morgan fingerprint density at radius 1 is 1.44 bits per heavy atom. The number of ether oxygens (including phenoxy) is 1. The first-order chi connectivity index (χ1) is 7.81. The average molecular weight is 280 g/mol. The first-order valence-corrected chi connectivity index (χ1v) is 6.42. The summed E-state index contributed by atoms with van der Waals surface area (Å²) in [4.78, 5) is 0. The maximum Gasteiger partial charge on any atom is 0.138 e. The third-order valence-electron chi connectivity index (χ3n) is 3.10. The highest BCUT2D eigenvalue weighted by Crippen LogP contribution is 2.30. The van der Waals surface area contributed by atoms with Gasteiger partial charge in [0.15, 0.2) is 0 Å². The summed E-state index contributed by atoms with van der Waals surface area (Å²) >= 11 is 3.35. The third-order valence-corrected chi connectivity index (χ3v) is 3.76. The molecule has 3 heteroatoms. The maximum absolute atomic E-state index is 9.01. The van der Waals surface area contributed by atoms with Crippen molar-refractivity contribution < 1.29 is 4.74 Å². The average Bonchev–Trinajstić information content (AvgIpc) is 2.22. The summed E-state index contributed by atoms with van der Waals surface area (Å²) in [5.41, 5.74) is 0.594. The molecule has 0 atom stereocenters. The molecule has 84 valence electrons. The van der Waals surface area contributed by atoms with E-state index in [1.807, 2.05) is 18.2 Å². The van der Waals surface area contributed by atoms with Crippen LogP contribution in [0.4, 0.5) is 0 Å². The molecule has 16 heavy (non-hydrogen) atoms. The van der Waals surface area contributed by atoms with Crippen molar-refractivity contribution in [3.63, 3.8) is 0 Å². The molecule has 0 radical (unpaired) electrons. The van der Waals surface area contributed by atoms with Gasteiger partial charge in [0.1, 0.15) is 17.4 Å². The second kappa shape index (κ2) is 5.36. The van der Waals surface area contributed by atoms with Gasteiger partial charge in [-0.25, -0.2) is 0 Å². The van der Waals surface area contributed by atoms with E-state index in [0.717, 1.165) is 23.4 Å². The predicted octanol–water partition coefficient (Wildman–Crippen LogP) is 3.89. The van der Waals surface area contributed by atoms with Gasteiger partial charge in [-0.1, -0.05) is 25.3 Å². The van der Waals surface area contributed by atoms with Crippen LogP contribution in [0.25, 0.3) is 0 Å². The summed E-state index contributed by atoms with van der Waals surface area (Å²) in [6, 6.07) is 7.76. The van der Waals surface area contributed by atoms with Gasteiger partial charge in [-0.05, 0) is 40.4 Å². The molecule has 1 aromatic rings. The zero-order chi connectivity index (χ0) is 11.4. The molecule has 0 unspecified atom stereocenters. The fourth-order valence-corrected chi connectivity index (χ4v) is 2.29. The lowest BCUT2D eigenvalue weighted by Crippen LogP contribution is -2.14. The number of hydrogen-bond acceptors (Lipinski definition) is 2. The molecule has 1 aliphatic carbocycles. The molecule has 1 aromatic carbocycles. The predicted molar refractivity (Wildman–Crippen MR) is 66.3 cm³/mol. The molecular formula is C13H14BrNO. The van der Waals surface area contributed by atoms with Crippen molar-refractivity contribution in [2.24, 2.45) is 5.92 Å². The van der Waals surface area contributed by atoms with Crippen molar-refractivity contribution in [2.75, 3.05) is 6.61 Å². The van der Waals surface area contributed by atoms with Gasteiger partial charge in [0.2, 0.25) is 0 Å². The van der Waals surface area contributed by atoms with Gasteiger partial charge in [-0.3, -0.25) is 0 Å². The van der Waals surface area contributed by atoms with Gasteiger partial charge in [0.05, 0.1) is 6.61 Å². The Bertz CT molecular complexity index is 407. The summed E-state index contributed by atoms with van der Waals surface area (Å²) in [6.07, 6.45) is 5.16. The number of halogens is 1. The van der Waals surface area contributed by atoms with Crippen LogP contribution in [-0.4, -0.2) is 6.61 Å². The van der Waals surface area contributed by atoms with Gasteiger partial charge in [0.25, 0.3) is 0 Å². The Labute approximate surface area is 104 Å². The molecule has 1 saturated carbocycles. The van der Waals surface area contributed by atoms with E-state index in [9.17, 15) is 0 Å². The van der Waals surface area contributed by atoms with Gasteiger partial charge < -0.3 is 4.74 Å². The summed E-state index contributed by atoms with van der Waals surface area (Å²) < 4.78 is 6.46. The molecule has 0 saturated heterocycles. The quantitative estimate of drug-likeness (QED) is 0.838. The Kier molecular flexibility index (Phi) is 3.84. The van der Waals surface area contributed by atoms with Crippen LogP contribution in [0.2, 0.25) is 0 Å². The zero-order valence-corrected chi connectivity index (χ0v) is 10.7. The Morgan fingerprint density at radius 3 is 2.88 bits per heavy atom. The molecule has 1 fully saturated rings. The lowest BCUT2D eigenvalue weighted by atomic mass is 9.83. The largest absolute Gasteiger partial charge is 0.492 e. The smallest absolute Gasteiger partial charge is 0.138 e. The van der Waals surface area contributed by atoms with Crippen LogP contribution < -0.4 is 4.74 Å². The van der Waals surface area contributed by atoms with Crippen LogP contribution >= 0.6 is 15.9 Å². The second-order valence-electron chi connectivity index (χ2n) is 4.16. The van der Waals surface area contributed by atoms with Crippen LogP contribution in [0.1, 0.15) is 31.2 Å². The van der Waals surface area contributed by atoms with Crippen LogP contribution in [0.5, 0.6) is 5.75 Å².